The summed E-state index contributed by atoms with van der Waals surface area (Å²) in [6, 6.07) is 9.33. The van der Waals surface area contributed by atoms with Gasteiger partial charge in [-0.05, 0) is 12.1 Å². The quantitative estimate of drug-likeness (QED) is 0.755. The number of rotatable bonds is 1. The molecule has 0 atom stereocenters. The number of aryl methyl sites for hydroxylation is 1. The van der Waals surface area contributed by atoms with E-state index in [-0.39, 0.29) is 0 Å². The molecule has 0 aliphatic rings. The van der Waals surface area contributed by atoms with Crippen molar-refractivity contribution in [2.75, 3.05) is 5.73 Å². The van der Waals surface area contributed by atoms with Crippen molar-refractivity contribution in [2.45, 2.75) is 0 Å². The molecule has 2 rings (SSSR count). The van der Waals surface area contributed by atoms with Crippen molar-refractivity contribution in [1.29, 1.82) is 5.26 Å². The van der Waals surface area contributed by atoms with Gasteiger partial charge >= 0.3 is 0 Å². The summed E-state index contributed by atoms with van der Waals surface area (Å²) < 4.78 is 1.66. The molecular formula is C11H10N4. The van der Waals surface area contributed by atoms with E-state index >= 15 is 0 Å². The van der Waals surface area contributed by atoms with E-state index in [0.29, 0.717) is 11.3 Å². The molecule has 0 unspecified atom stereocenters. The zero-order valence-corrected chi connectivity index (χ0v) is 8.31. The maximum Gasteiger partial charge on any atom is 0.115 e. The summed E-state index contributed by atoms with van der Waals surface area (Å²) in [5.74, 6) is 0. The van der Waals surface area contributed by atoms with E-state index in [9.17, 15) is 0 Å². The number of benzene rings is 1. The fourth-order valence-electron chi connectivity index (χ4n) is 1.47. The predicted molar refractivity (Wildman–Crippen MR) is 57.8 cm³/mol. The van der Waals surface area contributed by atoms with Crippen LogP contribution in [0.2, 0.25) is 0 Å². The van der Waals surface area contributed by atoms with Crippen molar-refractivity contribution in [3.8, 4) is 17.3 Å². The molecule has 2 aromatic rings. The minimum Gasteiger partial charge on any atom is -0.396 e. The van der Waals surface area contributed by atoms with Crippen LogP contribution in [0.1, 0.15) is 5.56 Å². The van der Waals surface area contributed by atoms with E-state index in [1.807, 2.05) is 19.2 Å². The molecule has 4 nitrogen and oxygen atoms in total. The summed E-state index contributed by atoms with van der Waals surface area (Å²) in [7, 11) is 1.81. The molecule has 0 saturated heterocycles. The van der Waals surface area contributed by atoms with E-state index < -0.39 is 0 Å². The van der Waals surface area contributed by atoms with Crippen molar-refractivity contribution in [3.05, 3.63) is 36.0 Å². The van der Waals surface area contributed by atoms with Crippen LogP contribution in [0.5, 0.6) is 0 Å². The van der Waals surface area contributed by atoms with Crippen LogP contribution in [-0.4, -0.2) is 9.78 Å². The first-order chi connectivity index (χ1) is 7.20. The minimum atomic E-state index is 0.609. The molecule has 74 valence electrons. The summed E-state index contributed by atoms with van der Waals surface area (Å²) in [6.07, 6.45) is 1.74. The van der Waals surface area contributed by atoms with Crippen LogP contribution in [-0.2, 0) is 7.05 Å². The van der Waals surface area contributed by atoms with E-state index in [2.05, 4.69) is 11.2 Å². The Bertz CT molecular complexity index is 534. The number of hydrogen-bond donors (Lipinski definition) is 1. The summed E-state index contributed by atoms with van der Waals surface area (Å²) in [5.41, 5.74) is 8.61. The van der Waals surface area contributed by atoms with Gasteiger partial charge in [0.15, 0.2) is 0 Å². The number of anilines is 1. The topological polar surface area (TPSA) is 67.6 Å². The molecule has 1 aromatic carbocycles. The summed E-state index contributed by atoms with van der Waals surface area (Å²) in [5, 5.41) is 13.0. The van der Waals surface area contributed by atoms with Gasteiger partial charge in [0, 0.05) is 18.8 Å². The number of nitrogens with zero attached hydrogens (tertiary/aromatic N) is 3. The van der Waals surface area contributed by atoms with Gasteiger partial charge in [-0.2, -0.15) is 10.4 Å². The lowest BCUT2D eigenvalue weighted by atomic mass is 10.1. The van der Waals surface area contributed by atoms with E-state index in [1.165, 1.54) is 0 Å². The van der Waals surface area contributed by atoms with Crippen LogP contribution < -0.4 is 5.73 Å². The zero-order chi connectivity index (χ0) is 10.8. The van der Waals surface area contributed by atoms with Crippen LogP contribution in [0.3, 0.4) is 0 Å². The fourth-order valence-corrected chi connectivity index (χ4v) is 1.47. The number of aromatic nitrogens is 2. The highest BCUT2D eigenvalue weighted by Gasteiger charge is 2.07. The lowest BCUT2D eigenvalue weighted by Gasteiger charge is -1.98. The van der Waals surface area contributed by atoms with Crippen molar-refractivity contribution in [2.24, 2.45) is 7.05 Å². The molecule has 0 amide bonds. The smallest absolute Gasteiger partial charge is 0.115 e. The number of nitriles is 1. The van der Waals surface area contributed by atoms with Crippen LogP contribution in [0, 0.1) is 11.3 Å². The maximum absolute atomic E-state index is 8.78. The molecule has 0 saturated carbocycles. The Morgan fingerprint density at radius 3 is 2.87 bits per heavy atom. The van der Waals surface area contributed by atoms with Gasteiger partial charge in [0.2, 0.25) is 0 Å². The Balaban J connectivity index is 2.55. The molecule has 1 heterocycles. The van der Waals surface area contributed by atoms with Gasteiger partial charge in [-0.15, -0.1) is 0 Å². The van der Waals surface area contributed by atoms with E-state index in [1.54, 1.807) is 23.0 Å². The molecule has 0 bridgehead atoms. The second kappa shape index (κ2) is 3.46. The molecule has 4 heteroatoms. The Hall–Kier alpha value is -2.28. The largest absolute Gasteiger partial charge is 0.396 e. The average molecular weight is 198 g/mol. The van der Waals surface area contributed by atoms with Crippen molar-refractivity contribution >= 4 is 5.69 Å². The van der Waals surface area contributed by atoms with Crippen LogP contribution in [0.15, 0.2) is 30.5 Å². The van der Waals surface area contributed by atoms with Crippen molar-refractivity contribution in [3.63, 3.8) is 0 Å². The molecule has 2 N–H and O–H groups in total. The normalized spacial score (nSPS) is 9.87. The highest BCUT2D eigenvalue weighted by Crippen LogP contribution is 2.23. The molecule has 0 aliphatic heterocycles. The molecule has 0 radical (unpaired) electrons. The number of nitrogen functional groups attached to an aromatic ring is 1. The Kier molecular flexibility index (Phi) is 2.14. The fraction of sp³-hybridized carbons (Fsp3) is 0.0909. The first-order valence-electron chi connectivity index (χ1n) is 4.50. The molecule has 0 fully saturated rings. The van der Waals surface area contributed by atoms with Gasteiger partial charge in [-0.3, -0.25) is 4.68 Å². The third-order valence-corrected chi connectivity index (χ3v) is 2.12. The standard InChI is InChI=1S/C11H10N4/c1-15-7-10(13)11(14-15)9-4-2-3-8(5-9)6-12/h2-5,7H,13H2,1H3. The average Bonchev–Trinajstić information content (AvgIpc) is 2.58. The number of nitrogens with two attached hydrogens (primary N) is 1. The zero-order valence-electron chi connectivity index (χ0n) is 8.31. The van der Waals surface area contributed by atoms with Crippen molar-refractivity contribution in [1.82, 2.24) is 9.78 Å². The summed E-state index contributed by atoms with van der Waals surface area (Å²) in [6.45, 7) is 0. The number of hydrogen-bond acceptors (Lipinski definition) is 3. The third kappa shape index (κ3) is 1.67. The van der Waals surface area contributed by atoms with Gasteiger partial charge in [0.05, 0.1) is 17.3 Å². The highest BCUT2D eigenvalue weighted by molar-refractivity contribution is 5.72. The Morgan fingerprint density at radius 1 is 1.47 bits per heavy atom. The summed E-state index contributed by atoms with van der Waals surface area (Å²) >= 11 is 0. The lowest BCUT2D eigenvalue weighted by Crippen LogP contribution is -1.89. The summed E-state index contributed by atoms with van der Waals surface area (Å²) in [4.78, 5) is 0. The van der Waals surface area contributed by atoms with Crippen LogP contribution in [0.25, 0.3) is 11.3 Å². The monoisotopic (exact) mass is 198 g/mol. The van der Waals surface area contributed by atoms with Gasteiger partial charge in [-0.25, -0.2) is 0 Å². The third-order valence-electron chi connectivity index (χ3n) is 2.12. The first-order valence-corrected chi connectivity index (χ1v) is 4.50. The first kappa shape index (κ1) is 9.28. The SMILES string of the molecule is Cn1cc(N)c(-c2cccc(C#N)c2)n1. The Labute approximate surface area is 87.6 Å². The van der Waals surface area contributed by atoms with E-state index in [4.69, 9.17) is 11.0 Å². The Morgan fingerprint density at radius 2 is 2.27 bits per heavy atom. The molecule has 0 aliphatic carbocycles. The predicted octanol–water partition coefficient (Wildman–Crippen LogP) is 1.54. The van der Waals surface area contributed by atoms with E-state index in [0.717, 1.165) is 11.3 Å². The van der Waals surface area contributed by atoms with Crippen molar-refractivity contribution < 1.29 is 0 Å². The molecule has 0 spiro atoms. The maximum atomic E-state index is 8.78. The molecule has 15 heavy (non-hydrogen) atoms. The van der Waals surface area contributed by atoms with Crippen LogP contribution in [0.4, 0.5) is 5.69 Å². The molecule has 1 aromatic heterocycles. The minimum absolute atomic E-state index is 0.609. The van der Waals surface area contributed by atoms with Gasteiger partial charge in [0.1, 0.15) is 5.69 Å². The van der Waals surface area contributed by atoms with Crippen LogP contribution >= 0.6 is 0 Å². The van der Waals surface area contributed by atoms with Gasteiger partial charge in [-0.1, -0.05) is 12.1 Å². The lowest BCUT2D eigenvalue weighted by molar-refractivity contribution is 0.771. The molecular weight excluding hydrogens is 188 g/mol. The second-order valence-electron chi connectivity index (χ2n) is 3.30. The second-order valence-corrected chi connectivity index (χ2v) is 3.30. The highest BCUT2D eigenvalue weighted by atomic mass is 15.3. The van der Waals surface area contributed by atoms with Gasteiger partial charge < -0.3 is 5.73 Å². The van der Waals surface area contributed by atoms with Gasteiger partial charge in [0.25, 0.3) is 0 Å².